The number of hydrogen-bond acceptors (Lipinski definition) is 4. The molecule has 6 heteroatoms. The van der Waals surface area contributed by atoms with Crippen molar-refractivity contribution >= 4 is 11.9 Å². The third-order valence-corrected chi connectivity index (χ3v) is 3.91. The average molecular weight is 329 g/mol. The van der Waals surface area contributed by atoms with Gasteiger partial charge < -0.3 is 10.1 Å². The molecule has 0 aliphatic rings. The summed E-state index contributed by atoms with van der Waals surface area (Å²) < 4.78 is 4.87. The molecule has 0 saturated carbocycles. The van der Waals surface area contributed by atoms with E-state index >= 15 is 0 Å². The molecule has 0 saturated heterocycles. The molecule has 6 nitrogen and oxygen atoms in total. The Labute approximate surface area is 141 Å². The number of aryl methyl sites for hydroxylation is 2. The highest BCUT2D eigenvalue weighted by Crippen LogP contribution is 2.14. The zero-order valence-corrected chi connectivity index (χ0v) is 14.3. The fraction of sp³-hybridized carbons (Fsp3) is 0.389. The number of hydrogen-bond donors (Lipinski definition) is 2. The third kappa shape index (κ3) is 4.94. The summed E-state index contributed by atoms with van der Waals surface area (Å²) in [5.74, 6) is -0.907. The number of carbonyl (C=O) groups excluding carboxylic acids is 2. The van der Waals surface area contributed by atoms with Gasteiger partial charge in [-0.25, -0.2) is 0 Å². The molecular formula is C18H23N3O3. The summed E-state index contributed by atoms with van der Waals surface area (Å²) in [5.41, 5.74) is 3.78. The van der Waals surface area contributed by atoms with Gasteiger partial charge >= 0.3 is 5.97 Å². The standard InChI is InChI=1S/C18H23N3O3/c1-12-6-4-5-7-14(12)9-15(18(23)24-3)11-19-17(22)10-16-8-13(2)20-21-16/h4-8,15H,9-11H2,1-3H3,(H,19,22)(H,20,21). The normalized spacial score (nSPS) is 11.8. The summed E-state index contributed by atoms with van der Waals surface area (Å²) in [6.07, 6.45) is 0.712. The number of nitrogens with zero attached hydrogens (tertiary/aromatic N) is 1. The molecule has 0 fully saturated rings. The van der Waals surface area contributed by atoms with Gasteiger partial charge in [-0.2, -0.15) is 5.10 Å². The molecule has 1 atom stereocenters. The van der Waals surface area contributed by atoms with Crippen LogP contribution in [-0.4, -0.2) is 35.7 Å². The number of esters is 1. The van der Waals surface area contributed by atoms with Gasteiger partial charge in [0.25, 0.3) is 0 Å². The quantitative estimate of drug-likeness (QED) is 0.758. The van der Waals surface area contributed by atoms with Gasteiger partial charge in [-0.3, -0.25) is 14.7 Å². The summed E-state index contributed by atoms with van der Waals surface area (Å²) >= 11 is 0. The Morgan fingerprint density at radius 3 is 2.67 bits per heavy atom. The van der Waals surface area contributed by atoms with E-state index in [0.717, 1.165) is 16.8 Å². The van der Waals surface area contributed by atoms with Crippen LogP contribution in [0.3, 0.4) is 0 Å². The fourth-order valence-corrected chi connectivity index (χ4v) is 2.54. The first kappa shape index (κ1) is 17.7. The third-order valence-electron chi connectivity index (χ3n) is 3.91. The van der Waals surface area contributed by atoms with Crippen molar-refractivity contribution in [3.05, 3.63) is 52.8 Å². The lowest BCUT2D eigenvalue weighted by atomic mass is 9.96. The zero-order valence-electron chi connectivity index (χ0n) is 14.3. The first-order chi connectivity index (χ1) is 11.5. The number of H-pyrrole nitrogens is 1. The van der Waals surface area contributed by atoms with Crippen molar-refractivity contribution in [2.75, 3.05) is 13.7 Å². The van der Waals surface area contributed by atoms with E-state index in [-0.39, 0.29) is 24.8 Å². The lowest BCUT2D eigenvalue weighted by molar-refractivity contribution is -0.145. The number of ether oxygens (including phenoxy) is 1. The van der Waals surface area contributed by atoms with Crippen molar-refractivity contribution < 1.29 is 14.3 Å². The topological polar surface area (TPSA) is 84.1 Å². The minimum Gasteiger partial charge on any atom is -0.469 e. The van der Waals surface area contributed by atoms with Gasteiger partial charge in [-0.1, -0.05) is 24.3 Å². The second kappa shape index (κ2) is 8.29. The van der Waals surface area contributed by atoms with Crippen molar-refractivity contribution in [3.8, 4) is 0 Å². The summed E-state index contributed by atoms with van der Waals surface area (Å²) in [6, 6.07) is 9.71. The Hall–Kier alpha value is -2.63. The minimum atomic E-state index is -0.416. The van der Waals surface area contributed by atoms with Crippen LogP contribution in [0.15, 0.2) is 30.3 Å². The molecule has 1 heterocycles. The molecule has 1 unspecified atom stereocenters. The van der Waals surface area contributed by atoms with Crippen LogP contribution in [0.4, 0.5) is 0 Å². The van der Waals surface area contributed by atoms with E-state index in [1.807, 2.05) is 44.2 Å². The maximum Gasteiger partial charge on any atom is 0.310 e. The number of nitrogens with one attached hydrogen (secondary N) is 2. The summed E-state index contributed by atoms with van der Waals surface area (Å²) in [6.45, 7) is 4.12. The van der Waals surface area contributed by atoms with E-state index in [2.05, 4.69) is 15.5 Å². The maximum absolute atomic E-state index is 12.0. The van der Waals surface area contributed by atoms with Crippen molar-refractivity contribution in [2.24, 2.45) is 5.92 Å². The summed E-state index contributed by atoms with van der Waals surface area (Å²) in [4.78, 5) is 24.1. The molecule has 128 valence electrons. The van der Waals surface area contributed by atoms with E-state index in [4.69, 9.17) is 4.74 Å². The molecule has 1 amide bonds. The maximum atomic E-state index is 12.0. The lowest BCUT2D eigenvalue weighted by Crippen LogP contribution is -2.35. The van der Waals surface area contributed by atoms with Crippen molar-refractivity contribution in [3.63, 3.8) is 0 Å². The molecule has 2 rings (SSSR count). The highest BCUT2D eigenvalue weighted by Gasteiger charge is 2.21. The monoisotopic (exact) mass is 329 g/mol. The van der Waals surface area contributed by atoms with Gasteiger partial charge in [-0.15, -0.1) is 0 Å². The van der Waals surface area contributed by atoms with E-state index < -0.39 is 5.92 Å². The van der Waals surface area contributed by atoms with Crippen LogP contribution in [0.5, 0.6) is 0 Å². The van der Waals surface area contributed by atoms with Crippen LogP contribution in [-0.2, 0) is 27.2 Å². The van der Waals surface area contributed by atoms with E-state index in [9.17, 15) is 9.59 Å². The predicted molar refractivity (Wildman–Crippen MR) is 90.4 cm³/mol. The number of benzene rings is 1. The van der Waals surface area contributed by atoms with E-state index in [1.165, 1.54) is 7.11 Å². The average Bonchev–Trinajstić information content (AvgIpc) is 2.97. The van der Waals surface area contributed by atoms with Crippen LogP contribution in [0.1, 0.15) is 22.5 Å². The Morgan fingerprint density at radius 1 is 1.29 bits per heavy atom. The van der Waals surface area contributed by atoms with Crippen LogP contribution >= 0.6 is 0 Å². The SMILES string of the molecule is COC(=O)C(CNC(=O)Cc1cc(C)[nH]n1)Cc1ccccc1C. The summed E-state index contributed by atoms with van der Waals surface area (Å²) in [5, 5.41) is 9.64. The van der Waals surface area contributed by atoms with Crippen molar-refractivity contribution in [2.45, 2.75) is 26.7 Å². The van der Waals surface area contributed by atoms with Crippen LogP contribution in [0, 0.1) is 19.8 Å². The Morgan fingerprint density at radius 2 is 2.04 bits per heavy atom. The number of rotatable bonds is 7. The Balaban J connectivity index is 1.95. The Bertz CT molecular complexity index is 709. The second-order valence-electron chi connectivity index (χ2n) is 5.87. The first-order valence-corrected chi connectivity index (χ1v) is 7.89. The van der Waals surface area contributed by atoms with Gasteiger partial charge in [0.2, 0.25) is 5.91 Å². The molecule has 0 spiro atoms. The largest absolute Gasteiger partial charge is 0.469 e. The number of amides is 1. The molecule has 0 aliphatic carbocycles. The van der Waals surface area contributed by atoms with E-state index in [1.54, 1.807) is 0 Å². The fourth-order valence-electron chi connectivity index (χ4n) is 2.54. The van der Waals surface area contributed by atoms with Crippen molar-refractivity contribution in [1.29, 1.82) is 0 Å². The first-order valence-electron chi connectivity index (χ1n) is 7.89. The second-order valence-corrected chi connectivity index (χ2v) is 5.87. The Kier molecular flexibility index (Phi) is 6.12. The van der Waals surface area contributed by atoms with E-state index in [0.29, 0.717) is 12.1 Å². The predicted octanol–water partition coefficient (Wildman–Crippen LogP) is 1.72. The highest BCUT2D eigenvalue weighted by molar-refractivity contribution is 5.79. The molecule has 24 heavy (non-hydrogen) atoms. The van der Waals surface area contributed by atoms with Crippen LogP contribution < -0.4 is 5.32 Å². The number of carbonyl (C=O) groups is 2. The van der Waals surface area contributed by atoms with Gasteiger partial charge in [0.15, 0.2) is 0 Å². The minimum absolute atomic E-state index is 0.166. The molecule has 0 bridgehead atoms. The molecule has 1 aromatic heterocycles. The number of methoxy groups -OCH3 is 1. The number of aromatic amines is 1. The smallest absolute Gasteiger partial charge is 0.310 e. The van der Waals surface area contributed by atoms with Gasteiger partial charge in [0, 0.05) is 12.2 Å². The molecule has 0 radical (unpaired) electrons. The van der Waals surface area contributed by atoms with Gasteiger partial charge in [0.1, 0.15) is 0 Å². The summed E-state index contributed by atoms with van der Waals surface area (Å²) in [7, 11) is 1.36. The lowest BCUT2D eigenvalue weighted by Gasteiger charge is -2.16. The zero-order chi connectivity index (χ0) is 17.5. The molecular weight excluding hydrogens is 306 g/mol. The molecule has 0 aliphatic heterocycles. The highest BCUT2D eigenvalue weighted by atomic mass is 16.5. The molecule has 1 aromatic carbocycles. The molecule has 2 aromatic rings. The van der Waals surface area contributed by atoms with Gasteiger partial charge in [-0.05, 0) is 37.5 Å². The van der Waals surface area contributed by atoms with Crippen LogP contribution in [0.2, 0.25) is 0 Å². The molecule has 2 N–H and O–H groups in total. The van der Waals surface area contributed by atoms with Crippen LogP contribution in [0.25, 0.3) is 0 Å². The van der Waals surface area contributed by atoms with Crippen molar-refractivity contribution in [1.82, 2.24) is 15.5 Å². The number of aromatic nitrogens is 2. The van der Waals surface area contributed by atoms with Gasteiger partial charge in [0.05, 0.1) is 25.1 Å².